The quantitative estimate of drug-likeness (QED) is 0.444. The molecule has 2 atom stereocenters. The van der Waals surface area contributed by atoms with Crippen LogP contribution in [-0.4, -0.2) is 12.7 Å². The van der Waals surface area contributed by atoms with Crippen molar-refractivity contribution in [1.82, 2.24) is 0 Å². The first-order valence-corrected chi connectivity index (χ1v) is 11.5. The molecule has 1 heteroatoms. The van der Waals surface area contributed by atoms with Crippen LogP contribution in [0.4, 0.5) is 0 Å². The first-order valence-electron chi connectivity index (χ1n) is 11.5. The Balaban J connectivity index is 1.29. The van der Waals surface area contributed by atoms with Crippen LogP contribution >= 0.6 is 0 Å². The number of ether oxygens (including phenoxy) is 1. The molecule has 0 spiro atoms. The summed E-state index contributed by atoms with van der Waals surface area (Å²) in [6, 6.07) is 0. The van der Waals surface area contributed by atoms with E-state index in [9.17, 15) is 0 Å². The van der Waals surface area contributed by atoms with Crippen LogP contribution < -0.4 is 0 Å². The molecule has 144 valence electrons. The lowest BCUT2D eigenvalue weighted by atomic mass is 9.75. The van der Waals surface area contributed by atoms with E-state index in [0.29, 0.717) is 6.10 Å². The van der Waals surface area contributed by atoms with Gasteiger partial charge in [-0.25, -0.2) is 0 Å². The van der Waals surface area contributed by atoms with Gasteiger partial charge in [0.1, 0.15) is 0 Å². The van der Waals surface area contributed by atoms with Gasteiger partial charge < -0.3 is 4.74 Å². The smallest absolute Gasteiger partial charge is 0.0603 e. The molecule has 0 amide bonds. The van der Waals surface area contributed by atoms with E-state index < -0.39 is 0 Å². The number of hydrogen-bond donors (Lipinski definition) is 0. The lowest BCUT2D eigenvalue weighted by Gasteiger charge is -2.38. The summed E-state index contributed by atoms with van der Waals surface area (Å²) in [6.07, 6.45) is 22.7. The third-order valence-electron chi connectivity index (χ3n) is 7.73. The Bertz CT molecular complexity index is 366. The predicted molar refractivity (Wildman–Crippen MR) is 108 cm³/mol. The number of hydrogen-bond acceptors (Lipinski definition) is 1. The molecule has 0 aromatic rings. The average molecular weight is 347 g/mol. The van der Waals surface area contributed by atoms with Crippen molar-refractivity contribution in [2.45, 2.75) is 103 Å². The van der Waals surface area contributed by atoms with Gasteiger partial charge in [-0.05, 0) is 74.5 Å². The molecule has 0 radical (unpaired) electrons. The van der Waals surface area contributed by atoms with Crippen LogP contribution in [-0.2, 0) is 4.74 Å². The van der Waals surface area contributed by atoms with Crippen molar-refractivity contribution in [3.05, 3.63) is 12.7 Å². The normalized spacial score (nSPS) is 39.9. The van der Waals surface area contributed by atoms with Crippen molar-refractivity contribution < 1.29 is 4.74 Å². The van der Waals surface area contributed by atoms with E-state index in [-0.39, 0.29) is 0 Å². The van der Waals surface area contributed by atoms with Crippen LogP contribution in [0.3, 0.4) is 0 Å². The fourth-order valence-corrected chi connectivity index (χ4v) is 5.87. The summed E-state index contributed by atoms with van der Waals surface area (Å²) in [7, 11) is 0. The standard InChI is InChI=1S/C24H42O/c1-3-5-20-6-8-21(9-7-20)10-11-22-14-17-24(25-18-22)23-15-12-19(4-2)13-16-23/h4,19-24H,2-3,5-18H2,1H3. The van der Waals surface area contributed by atoms with Crippen molar-refractivity contribution in [3.8, 4) is 0 Å². The van der Waals surface area contributed by atoms with Crippen LogP contribution in [0.25, 0.3) is 0 Å². The van der Waals surface area contributed by atoms with Crippen molar-refractivity contribution in [2.75, 3.05) is 6.61 Å². The van der Waals surface area contributed by atoms with Gasteiger partial charge in [0, 0.05) is 6.61 Å². The minimum atomic E-state index is 0.575. The molecule has 25 heavy (non-hydrogen) atoms. The van der Waals surface area contributed by atoms with Crippen LogP contribution in [0, 0.1) is 29.6 Å². The van der Waals surface area contributed by atoms with E-state index in [1.54, 1.807) is 0 Å². The van der Waals surface area contributed by atoms with Crippen molar-refractivity contribution >= 4 is 0 Å². The van der Waals surface area contributed by atoms with Gasteiger partial charge in [-0.15, -0.1) is 6.58 Å². The second kappa shape index (κ2) is 10.1. The maximum Gasteiger partial charge on any atom is 0.0603 e. The average Bonchev–Trinajstić information content (AvgIpc) is 2.68. The second-order valence-corrected chi connectivity index (χ2v) is 9.48. The molecule has 2 aliphatic carbocycles. The Morgan fingerprint density at radius 1 is 0.760 bits per heavy atom. The molecule has 1 nitrogen and oxygen atoms in total. The van der Waals surface area contributed by atoms with Gasteiger partial charge in [0.2, 0.25) is 0 Å². The summed E-state index contributed by atoms with van der Waals surface area (Å²) < 4.78 is 6.36. The Hall–Kier alpha value is -0.300. The van der Waals surface area contributed by atoms with E-state index in [1.807, 2.05) is 0 Å². The minimum absolute atomic E-state index is 0.575. The first kappa shape index (κ1) is 19.5. The summed E-state index contributed by atoms with van der Waals surface area (Å²) in [5.74, 6) is 4.55. The number of allylic oxidation sites excluding steroid dienone is 1. The summed E-state index contributed by atoms with van der Waals surface area (Å²) in [5, 5.41) is 0. The highest BCUT2D eigenvalue weighted by molar-refractivity contribution is 4.87. The molecular weight excluding hydrogens is 304 g/mol. The van der Waals surface area contributed by atoms with E-state index in [0.717, 1.165) is 36.2 Å². The minimum Gasteiger partial charge on any atom is -0.378 e. The van der Waals surface area contributed by atoms with E-state index >= 15 is 0 Å². The Labute approximate surface area is 157 Å². The maximum absolute atomic E-state index is 6.36. The zero-order valence-corrected chi connectivity index (χ0v) is 16.8. The fourth-order valence-electron chi connectivity index (χ4n) is 5.87. The zero-order valence-electron chi connectivity index (χ0n) is 16.8. The molecule has 1 heterocycles. The molecule has 2 saturated carbocycles. The van der Waals surface area contributed by atoms with Crippen LogP contribution in [0.15, 0.2) is 12.7 Å². The highest BCUT2D eigenvalue weighted by atomic mass is 16.5. The lowest BCUT2D eigenvalue weighted by molar-refractivity contribution is -0.0593. The van der Waals surface area contributed by atoms with Crippen molar-refractivity contribution in [2.24, 2.45) is 29.6 Å². The van der Waals surface area contributed by atoms with Crippen LogP contribution in [0.2, 0.25) is 0 Å². The Morgan fingerprint density at radius 3 is 1.92 bits per heavy atom. The van der Waals surface area contributed by atoms with Gasteiger partial charge in [-0.2, -0.15) is 0 Å². The molecule has 1 saturated heterocycles. The molecule has 3 rings (SSSR count). The topological polar surface area (TPSA) is 9.23 Å². The van der Waals surface area contributed by atoms with E-state index in [2.05, 4.69) is 19.6 Å². The maximum atomic E-state index is 6.36. The second-order valence-electron chi connectivity index (χ2n) is 9.48. The van der Waals surface area contributed by atoms with Gasteiger partial charge >= 0.3 is 0 Å². The third kappa shape index (κ3) is 5.84. The number of rotatable bonds is 7. The highest BCUT2D eigenvalue weighted by Gasteiger charge is 2.31. The molecule has 0 aromatic heterocycles. The molecule has 1 aliphatic heterocycles. The van der Waals surface area contributed by atoms with E-state index in [1.165, 1.54) is 89.9 Å². The monoisotopic (exact) mass is 346 g/mol. The SMILES string of the molecule is C=CC1CCC(C2CCC(CCC3CCC(CCC)CC3)CO2)CC1. The summed E-state index contributed by atoms with van der Waals surface area (Å²) in [5.41, 5.74) is 0. The van der Waals surface area contributed by atoms with Gasteiger partial charge in [0.05, 0.1) is 6.10 Å². The molecule has 3 fully saturated rings. The molecule has 3 aliphatic rings. The molecular formula is C24H42O. The highest BCUT2D eigenvalue weighted by Crippen LogP contribution is 2.38. The van der Waals surface area contributed by atoms with E-state index in [4.69, 9.17) is 4.74 Å². The third-order valence-corrected chi connectivity index (χ3v) is 7.73. The predicted octanol–water partition coefficient (Wildman–Crippen LogP) is 7.16. The van der Waals surface area contributed by atoms with Crippen molar-refractivity contribution in [1.29, 1.82) is 0 Å². The molecule has 0 bridgehead atoms. The largest absolute Gasteiger partial charge is 0.378 e. The van der Waals surface area contributed by atoms with Crippen LogP contribution in [0.5, 0.6) is 0 Å². The first-order chi connectivity index (χ1) is 12.3. The Kier molecular flexibility index (Phi) is 7.90. The summed E-state index contributed by atoms with van der Waals surface area (Å²) in [4.78, 5) is 0. The van der Waals surface area contributed by atoms with Gasteiger partial charge in [0.25, 0.3) is 0 Å². The van der Waals surface area contributed by atoms with Crippen LogP contribution in [0.1, 0.15) is 96.8 Å². The summed E-state index contributed by atoms with van der Waals surface area (Å²) >= 11 is 0. The molecule has 2 unspecified atom stereocenters. The van der Waals surface area contributed by atoms with Gasteiger partial charge in [0.15, 0.2) is 0 Å². The molecule has 0 aromatic carbocycles. The van der Waals surface area contributed by atoms with Crippen molar-refractivity contribution in [3.63, 3.8) is 0 Å². The Morgan fingerprint density at radius 2 is 1.36 bits per heavy atom. The fraction of sp³-hybridized carbons (Fsp3) is 0.917. The molecule has 0 N–H and O–H groups in total. The zero-order chi connectivity index (χ0) is 17.5. The lowest BCUT2D eigenvalue weighted by Crippen LogP contribution is -2.34. The summed E-state index contributed by atoms with van der Waals surface area (Å²) in [6.45, 7) is 7.37. The van der Waals surface area contributed by atoms with Gasteiger partial charge in [-0.1, -0.05) is 57.9 Å². The van der Waals surface area contributed by atoms with Gasteiger partial charge in [-0.3, -0.25) is 0 Å².